The predicted molar refractivity (Wildman–Crippen MR) is 184 cm³/mol. The Balaban J connectivity index is 1.12. The van der Waals surface area contributed by atoms with Crippen LogP contribution in [0.2, 0.25) is 0 Å². The number of nitrogens with zero attached hydrogens (tertiary/aromatic N) is 3. The molecule has 2 heterocycles. The maximum absolute atomic E-state index is 6.51. The molecule has 5 nitrogen and oxygen atoms in total. The lowest BCUT2D eigenvalue weighted by molar-refractivity contribution is 0.618. The Hall–Kier alpha value is -5.68. The van der Waals surface area contributed by atoms with E-state index in [9.17, 15) is 0 Å². The van der Waals surface area contributed by atoms with Crippen LogP contribution in [0.1, 0.15) is 35.7 Å². The molecule has 6 aromatic rings. The Labute approximate surface area is 261 Å². The number of para-hydroxylation sites is 2. The zero-order valence-electron chi connectivity index (χ0n) is 24.6. The van der Waals surface area contributed by atoms with Gasteiger partial charge in [-0.3, -0.25) is 4.99 Å². The zero-order valence-corrected chi connectivity index (χ0v) is 24.6. The van der Waals surface area contributed by atoms with Crippen LogP contribution in [-0.4, -0.2) is 11.7 Å². The molecule has 1 aliphatic heterocycles. The van der Waals surface area contributed by atoms with Gasteiger partial charge in [0.25, 0.3) is 0 Å². The summed E-state index contributed by atoms with van der Waals surface area (Å²) < 4.78 is 12.9. The minimum absolute atomic E-state index is 0.0616. The molecule has 45 heavy (non-hydrogen) atoms. The number of hydrogen-bond donors (Lipinski definition) is 0. The van der Waals surface area contributed by atoms with Crippen LogP contribution in [0.15, 0.2) is 164 Å². The van der Waals surface area contributed by atoms with Gasteiger partial charge in [-0.25, -0.2) is 0 Å². The van der Waals surface area contributed by atoms with Crippen LogP contribution in [0, 0.1) is 5.92 Å². The highest BCUT2D eigenvalue weighted by Gasteiger charge is 2.19. The Bertz CT molecular complexity index is 2200. The molecule has 0 spiro atoms. The summed E-state index contributed by atoms with van der Waals surface area (Å²) in [6.45, 7) is 0. The van der Waals surface area contributed by atoms with Crippen molar-refractivity contribution in [2.75, 3.05) is 0 Å². The van der Waals surface area contributed by atoms with Gasteiger partial charge in [-0.15, -0.1) is 0 Å². The van der Waals surface area contributed by atoms with E-state index < -0.39 is 0 Å². The van der Waals surface area contributed by atoms with E-state index in [-0.39, 0.29) is 12.1 Å². The average molecular weight is 585 g/mol. The van der Waals surface area contributed by atoms with Gasteiger partial charge in [0.05, 0.1) is 6.17 Å². The lowest BCUT2D eigenvalue weighted by Crippen LogP contribution is -2.20. The van der Waals surface area contributed by atoms with Gasteiger partial charge >= 0.3 is 0 Å². The van der Waals surface area contributed by atoms with E-state index in [0.717, 1.165) is 63.1 Å². The van der Waals surface area contributed by atoms with Crippen LogP contribution >= 0.6 is 0 Å². The number of benzene rings is 5. The summed E-state index contributed by atoms with van der Waals surface area (Å²) in [6, 6.07) is 42.8. The molecule has 0 radical (unpaired) electrons. The molecule has 8 rings (SSSR count). The molecule has 5 heteroatoms. The molecule has 2 aliphatic rings. The molecule has 5 aromatic carbocycles. The summed E-state index contributed by atoms with van der Waals surface area (Å²) in [5.41, 5.74) is 7.39. The number of hydrogen-bond acceptors (Lipinski definition) is 4. The van der Waals surface area contributed by atoms with Crippen molar-refractivity contribution in [2.45, 2.75) is 19.0 Å². The standard InChI is InChI=1S/C40H30N3O2/c1-3-12-28(13-4-1)38-41-39(29-14-5-2-6-15-29)43-40(42-38)30-17-11-16-27(22-23-30)31-24-25-36-37(26-31)45-35-21-10-8-19-33(35)32-18-7-9-20-34(32)44-36/h1-21,24-26,30,38H,22-23H2/q-1. The highest BCUT2D eigenvalue weighted by atomic mass is 16.4. The van der Waals surface area contributed by atoms with Crippen molar-refractivity contribution < 1.29 is 8.83 Å². The fourth-order valence-corrected chi connectivity index (χ4v) is 6.03. The molecule has 2 unspecified atom stereocenters. The number of aliphatic imine (C=N–C) groups is 2. The largest absolute Gasteiger partial charge is 0.453 e. The number of fused-ring (bicyclic) bond motifs is 4. The van der Waals surface area contributed by atoms with Crippen LogP contribution in [0.5, 0.6) is 0 Å². The molecule has 0 N–H and O–H groups in total. The lowest BCUT2D eigenvalue weighted by atomic mass is 9.96. The summed E-state index contributed by atoms with van der Waals surface area (Å²) in [5.74, 6) is 1.60. The summed E-state index contributed by atoms with van der Waals surface area (Å²) >= 11 is 0. The Kier molecular flexibility index (Phi) is 7.04. The van der Waals surface area contributed by atoms with Crippen molar-refractivity contribution in [2.24, 2.45) is 15.9 Å². The Morgan fingerprint density at radius 1 is 0.622 bits per heavy atom. The quantitative estimate of drug-likeness (QED) is 0.207. The minimum Gasteiger partial charge on any atom is -0.453 e. The normalized spacial score (nSPS) is 18.1. The van der Waals surface area contributed by atoms with Gasteiger partial charge in [0.2, 0.25) is 0 Å². The van der Waals surface area contributed by atoms with Crippen molar-refractivity contribution in [3.8, 4) is 0 Å². The summed E-state index contributed by atoms with van der Waals surface area (Å²) in [6.07, 6.45) is 7.95. The number of amidine groups is 2. The van der Waals surface area contributed by atoms with Crippen LogP contribution in [-0.2, 0) is 0 Å². The van der Waals surface area contributed by atoms with Gasteiger partial charge < -0.3 is 19.1 Å². The van der Waals surface area contributed by atoms with E-state index in [2.05, 4.69) is 66.8 Å². The molecule has 0 amide bonds. The van der Waals surface area contributed by atoms with Crippen molar-refractivity contribution >= 4 is 50.3 Å². The first-order chi connectivity index (χ1) is 22.3. The molecule has 1 aliphatic carbocycles. The second-order valence-electron chi connectivity index (χ2n) is 11.3. The topological polar surface area (TPSA) is 65.1 Å². The van der Waals surface area contributed by atoms with Gasteiger partial charge in [0.15, 0.2) is 11.2 Å². The van der Waals surface area contributed by atoms with Crippen molar-refractivity contribution in [1.82, 2.24) is 0 Å². The Morgan fingerprint density at radius 2 is 1.29 bits per heavy atom. The van der Waals surface area contributed by atoms with E-state index in [1.54, 1.807) is 0 Å². The highest BCUT2D eigenvalue weighted by Crippen LogP contribution is 2.35. The number of rotatable bonds is 4. The molecule has 218 valence electrons. The third-order valence-corrected chi connectivity index (χ3v) is 8.37. The van der Waals surface area contributed by atoms with Gasteiger partial charge in [0.1, 0.15) is 11.2 Å². The summed E-state index contributed by atoms with van der Waals surface area (Å²) in [4.78, 5) is 10.1. The molecule has 1 aromatic heterocycles. The van der Waals surface area contributed by atoms with Gasteiger partial charge in [0, 0.05) is 22.5 Å². The van der Waals surface area contributed by atoms with Gasteiger partial charge in [-0.1, -0.05) is 127 Å². The van der Waals surface area contributed by atoms with Gasteiger partial charge in [-0.05, 0) is 59.4 Å². The minimum atomic E-state index is -0.322. The van der Waals surface area contributed by atoms with E-state index in [0.29, 0.717) is 11.2 Å². The van der Waals surface area contributed by atoms with Crippen LogP contribution in [0.4, 0.5) is 0 Å². The molecular weight excluding hydrogens is 554 g/mol. The first-order valence-corrected chi connectivity index (χ1v) is 15.3. The third-order valence-electron chi connectivity index (χ3n) is 8.37. The molecule has 2 atom stereocenters. The molecule has 0 saturated carbocycles. The van der Waals surface area contributed by atoms with Gasteiger partial charge in [-0.2, -0.15) is 0 Å². The van der Waals surface area contributed by atoms with Crippen LogP contribution < -0.4 is 0 Å². The maximum Gasteiger partial charge on any atom is 0.170 e. The molecule has 0 fully saturated rings. The molecular formula is C40H30N3O2-. The maximum atomic E-state index is 6.51. The van der Waals surface area contributed by atoms with Crippen LogP contribution in [0.3, 0.4) is 0 Å². The predicted octanol–water partition coefficient (Wildman–Crippen LogP) is 10.7. The van der Waals surface area contributed by atoms with E-state index in [4.69, 9.17) is 24.1 Å². The van der Waals surface area contributed by atoms with Crippen molar-refractivity contribution in [1.29, 1.82) is 0 Å². The van der Waals surface area contributed by atoms with Crippen LogP contribution in [0.25, 0.3) is 44.0 Å². The fourth-order valence-electron chi connectivity index (χ4n) is 6.03. The first-order valence-electron chi connectivity index (χ1n) is 15.3. The van der Waals surface area contributed by atoms with E-state index in [1.807, 2.05) is 78.9 Å². The fraction of sp³-hybridized carbons (Fsp3) is 0.100. The second kappa shape index (κ2) is 11.8. The van der Waals surface area contributed by atoms with Crippen molar-refractivity contribution in [3.05, 3.63) is 168 Å². The third kappa shape index (κ3) is 5.45. The monoisotopic (exact) mass is 584 g/mol. The summed E-state index contributed by atoms with van der Waals surface area (Å²) in [7, 11) is 0. The number of allylic oxidation sites excluding steroid dienone is 3. The Morgan fingerprint density at radius 3 is 2.04 bits per heavy atom. The molecule has 0 saturated heterocycles. The molecule has 0 bridgehead atoms. The zero-order chi connectivity index (χ0) is 30.0. The van der Waals surface area contributed by atoms with E-state index >= 15 is 0 Å². The smallest absolute Gasteiger partial charge is 0.170 e. The lowest BCUT2D eigenvalue weighted by Gasteiger charge is -2.34. The average Bonchev–Trinajstić information content (AvgIpc) is 3.36. The highest BCUT2D eigenvalue weighted by molar-refractivity contribution is 6.16. The SMILES string of the molecule is C1=CC(C2=NC(c3ccccc3)[N-]C(c3ccccc3)=N2)CCC(c2ccc3oc4ccccc4c4ccccc4oc3c2)=C1. The second-order valence-corrected chi connectivity index (χ2v) is 11.3. The first kappa shape index (κ1) is 26.9. The van der Waals surface area contributed by atoms with E-state index in [1.165, 1.54) is 5.57 Å². The van der Waals surface area contributed by atoms with Crippen molar-refractivity contribution in [3.63, 3.8) is 0 Å². The summed E-state index contributed by atoms with van der Waals surface area (Å²) in [5, 5.41) is 6.96.